The van der Waals surface area contributed by atoms with Crippen molar-refractivity contribution in [2.24, 2.45) is 0 Å². The Bertz CT molecular complexity index is 513. The van der Waals surface area contributed by atoms with E-state index in [9.17, 15) is 0 Å². The molecule has 0 spiro atoms. The van der Waals surface area contributed by atoms with Gasteiger partial charge in [0.15, 0.2) is 0 Å². The van der Waals surface area contributed by atoms with Crippen LogP contribution in [-0.2, 0) is 11.3 Å². The third kappa shape index (κ3) is 4.45. The smallest absolute Gasteiger partial charge is 0.120 e. The van der Waals surface area contributed by atoms with E-state index in [1.165, 1.54) is 0 Å². The molecule has 0 saturated carbocycles. The zero-order valence-electron chi connectivity index (χ0n) is 10.9. The molecule has 2 N–H and O–H groups in total. The van der Waals surface area contributed by atoms with Gasteiger partial charge in [-0.25, -0.2) is 4.98 Å². The highest BCUT2D eigenvalue weighted by Crippen LogP contribution is 2.21. The van der Waals surface area contributed by atoms with Gasteiger partial charge >= 0.3 is 0 Å². The second kappa shape index (κ2) is 7.43. The summed E-state index contributed by atoms with van der Waals surface area (Å²) >= 11 is 3.47. The van der Waals surface area contributed by atoms with Crippen LogP contribution >= 0.6 is 15.9 Å². The molecule has 0 bridgehead atoms. The van der Waals surface area contributed by atoms with Crippen LogP contribution in [-0.4, -0.2) is 29.7 Å². The lowest BCUT2D eigenvalue weighted by atomic mass is 10.2. The summed E-state index contributed by atoms with van der Waals surface area (Å²) < 4.78 is 6.33. The summed E-state index contributed by atoms with van der Waals surface area (Å²) in [6.45, 7) is 5.05. The number of aromatic amines is 1. The molecule has 4 nitrogen and oxygen atoms in total. The highest BCUT2D eigenvalue weighted by atomic mass is 79.9. The first-order valence-electron chi connectivity index (χ1n) is 6.38. The van der Waals surface area contributed by atoms with E-state index >= 15 is 0 Å². The number of nitrogens with zero attached hydrogens (tertiary/aromatic N) is 1. The van der Waals surface area contributed by atoms with Crippen molar-refractivity contribution in [1.29, 1.82) is 0 Å². The number of halogens is 1. The molecule has 19 heavy (non-hydrogen) atoms. The van der Waals surface area contributed by atoms with Gasteiger partial charge in [-0.05, 0) is 19.1 Å². The molecule has 1 aromatic carbocycles. The van der Waals surface area contributed by atoms with Gasteiger partial charge in [-0.3, -0.25) is 0 Å². The van der Waals surface area contributed by atoms with Crippen molar-refractivity contribution in [1.82, 2.24) is 15.3 Å². The van der Waals surface area contributed by atoms with Crippen LogP contribution in [0.2, 0.25) is 0 Å². The monoisotopic (exact) mass is 323 g/mol. The lowest BCUT2D eigenvalue weighted by molar-refractivity contribution is 0.149. The molecule has 5 heteroatoms. The minimum absolute atomic E-state index is 0.723. The van der Waals surface area contributed by atoms with Crippen LogP contribution in [0.4, 0.5) is 0 Å². The van der Waals surface area contributed by atoms with Gasteiger partial charge in [0.1, 0.15) is 5.82 Å². The highest BCUT2D eigenvalue weighted by molar-refractivity contribution is 9.10. The minimum Gasteiger partial charge on any atom is -0.380 e. The molecule has 1 aromatic heterocycles. The van der Waals surface area contributed by atoms with Crippen molar-refractivity contribution in [2.45, 2.75) is 13.5 Å². The first-order valence-corrected chi connectivity index (χ1v) is 7.17. The van der Waals surface area contributed by atoms with Crippen molar-refractivity contribution < 1.29 is 4.74 Å². The molecule has 0 fully saturated rings. The fraction of sp³-hybridized carbons (Fsp3) is 0.357. The van der Waals surface area contributed by atoms with E-state index < -0.39 is 0 Å². The summed E-state index contributed by atoms with van der Waals surface area (Å²) in [5.74, 6) is 0.937. The van der Waals surface area contributed by atoms with Gasteiger partial charge in [0.05, 0.1) is 25.0 Å². The molecule has 0 radical (unpaired) electrons. The molecule has 0 aliphatic carbocycles. The molecule has 0 amide bonds. The van der Waals surface area contributed by atoms with Gasteiger partial charge in [-0.2, -0.15) is 0 Å². The third-order valence-corrected chi connectivity index (χ3v) is 3.18. The summed E-state index contributed by atoms with van der Waals surface area (Å²) in [4.78, 5) is 7.68. The number of hydrogen-bond acceptors (Lipinski definition) is 3. The van der Waals surface area contributed by atoms with Gasteiger partial charge in [0.2, 0.25) is 0 Å². The molecule has 1 heterocycles. The van der Waals surface area contributed by atoms with Crippen LogP contribution in [0.25, 0.3) is 11.3 Å². The predicted molar refractivity (Wildman–Crippen MR) is 79.9 cm³/mol. The minimum atomic E-state index is 0.723. The van der Waals surface area contributed by atoms with Crippen LogP contribution in [0, 0.1) is 0 Å². The Labute approximate surface area is 121 Å². The van der Waals surface area contributed by atoms with E-state index in [-0.39, 0.29) is 0 Å². The standard InChI is InChI=1S/C14H18BrN3O/c1-2-19-7-6-16-10-14-17-9-13(18-14)11-4-3-5-12(15)8-11/h3-5,8-9,16H,2,6-7,10H2,1H3,(H,17,18). The number of benzene rings is 1. The lowest BCUT2D eigenvalue weighted by Crippen LogP contribution is -2.19. The van der Waals surface area contributed by atoms with E-state index in [2.05, 4.69) is 43.3 Å². The molecule has 0 aliphatic rings. The SMILES string of the molecule is CCOCCNCc1ncc(-c2cccc(Br)c2)[nH]1. The zero-order chi connectivity index (χ0) is 13.5. The number of rotatable bonds is 7. The van der Waals surface area contributed by atoms with Crippen LogP contribution in [0.5, 0.6) is 0 Å². The number of hydrogen-bond donors (Lipinski definition) is 2. The second-order valence-corrected chi connectivity index (χ2v) is 5.04. The Balaban J connectivity index is 1.88. The third-order valence-electron chi connectivity index (χ3n) is 2.68. The molecule has 0 atom stereocenters. The van der Waals surface area contributed by atoms with E-state index in [1.54, 1.807) is 0 Å². The maximum atomic E-state index is 5.26. The Morgan fingerprint density at radius 2 is 2.32 bits per heavy atom. The quantitative estimate of drug-likeness (QED) is 0.770. The largest absolute Gasteiger partial charge is 0.380 e. The second-order valence-electron chi connectivity index (χ2n) is 4.13. The van der Waals surface area contributed by atoms with Gasteiger partial charge < -0.3 is 15.0 Å². The van der Waals surface area contributed by atoms with E-state index in [4.69, 9.17) is 4.74 Å². The number of imidazole rings is 1. The fourth-order valence-electron chi connectivity index (χ4n) is 1.75. The number of aromatic nitrogens is 2. The summed E-state index contributed by atoms with van der Waals surface area (Å²) in [6.07, 6.45) is 1.86. The van der Waals surface area contributed by atoms with E-state index in [0.29, 0.717) is 0 Å². The Kier molecular flexibility index (Phi) is 5.57. The average Bonchev–Trinajstić information content (AvgIpc) is 2.87. The van der Waals surface area contributed by atoms with E-state index in [1.807, 2.05) is 25.3 Å². The Morgan fingerprint density at radius 3 is 3.11 bits per heavy atom. The Hall–Kier alpha value is -1.17. The number of H-pyrrole nitrogens is 1. The molecule has 0 unspecified atom stereocenters. The summed E-state index contributed by atoms with van der Waals surface area (Å²) in [7, 11) is 0. The molecule has 2 rings (SSSR count). The Morgan fingerprint density at radius 1 is 1.42 bits per heavy atom. The van der Waals surface area contributed by atoms with Crippen molar-refractivity contribution in [2.75, 3.05) is 19.8 Å². The highest BCUT2D eigenvalue weighted by Gasteiger charge is 2.03. The maximum absolute atomic E-state index is 5.26. The average molecular weight is 324 g/mol. The lowest BCUT2D eigenvalue weighted by Gasteiger charge is -2.02. The molecular weight excluding hydrogens is 306 g/mol. The molecule has 102 valence electrons. The van der Waals surface area contributed by atoms with Crippen molar-refractivity contribution >= 4 is 15.9 Å². The van der Waals surface area contributed by atoms with Crippen molar-refractivity contribution in [3.63, 3.8) is 0 Å². The van der Waals surface area contributed by atoms with Crippen LogP contribution in [0.15, 0.2) is 34.9 Å². The summed E-state index contributed by atoms with van der Waals surface area (Å²) in [5.41, 5.74) is 2.16. The van der Waals surface area contributed by atoms with Gasteiger partial charge in [0, 0.05) is 23.2 Å². The van der Waals surface area contributed by atoms with Gasteiger partial charge in [0.25, 0.3) is 0 Å². The fourth-order valence-corrected chi connectivity index (χ4v) is 2.15. The molecular formula is C14H18BrN3O. The van der Waals surface area contributed by atoms with Gasteiger partial charge in [-0.1, -0.05) is 28.1 Å². The van der Waals surface area contributed by atoms with E-state index in [0.717, 1.165) is 47.9 Å². The van der Waals surface area contributed by atoms with Crippen molar-refractivity contribution in [3.05, 3.63) is 40.8 Å². The summed E-state index contributed by atoms with van der Waals surface area (Å²) in [6, 6.07) is 8.15. The number of ether oxygens (including phenoxy) is 1. The van der Waals surface area contributed by atoms with Gasteiger partial charge in [-0.15, -0.1) is 0 Å². The number of nitrogens with one attached hydrogen (secondary N) is 2. The first kappa shape index (κ1) is 14.2. The topological polar surface area (TPSA) is 49.9 Å². The maximum Gasteiger partial charge on any atom is 0.120 e. The zero-order valence-corrected chi connectivity index (χ0v) is 12.5. The molecule has 0 aliphatic heterocycles. The first-order chi connectivity index (χ1) is 9.29. The normalized spacial score (nSPS) is 10.8. The van der Waals surface area contributed by atoms with Crippen LogP contribution < -0.4 is 5.32 Å². The predicted octanol–water partition coefficient (Wildman–Crippen LogP) is 2.97. The summed E-state index contributed by atoms with van der Waals surface area (Å²) in [5, 5.41) is 3.28. The molecule has 2 aromatic rings. The molecule has 0 saturated heterocycles. The van der Waals surface area contributed by atoms with Crippen LogP contribution in [0.3, 0.4) is 0 Å². The van der Waals surface area contributed by atoms with Crippen LogP contribution in [0.1, 0.15) is 12.7 Å². The van der Waals surface area contributed by atoms with Crippen molar-refractivity contribution in [3.8, 4) is 11.3 Å².